The molecule has 7 heteroatoms. The molecule has 0 unspecified atom stereocenters. The van der Waals surface area contributed by atoms with Gasteiger partial charge in [0.2, 0.25) is 10.0 Å². The van der Waals surface area contributed by atoms with Crippen molar-refractivity contribution in [2.75, 3.05) is 30.4 Å². The van der Waals surface area contributed by atoms with Gasteiger partial charge in [-0.05, 0) is 25.0 Å². The predicted octanol–water partition coefficient (Wildman–Crippen LogP) is 1.83. The Morgan fingerprint density at radius 2 is 1.86 bits per heavy atom. The summed E-state index contributed by atoms with van der Waals surface area (Å²) in [7, 11) is -3.22. The summed E-state index contributed by atoms with van der Waals surface area (Å²) in [6.45, 7) is 0.664. The molecule has 0 aliphatic heterocycles. The summed E-state index contributed by atoms with van der Waals surface area (Å²) in [6.07, 6.45) is 3.44. The van der Waals surface area contributed by atoms with E-state index < -0.39 is 10.0 Å². The van der Waals surface area contributed by atoms with E-state index in [1.54, 1.807) is 0 Å². The highest BCUT2D eigenvalue weighted by Crippen LogP contribution is 2.24. The van der Waals surface area contributed by atoms with E-state index in [1.165, 1.54) is 11.8 Å². The number of aliphatic hydroxyl groups excluding tert-OH is 1. The smallest absolute Gasteiger partial charge is 0.212 e. The number of nitrogen functional groups attached to an aromatic ring is 1. The fourth-order valence-corrected chi connectivity index (χ4v) is 4.20. The molecule has 1 aromatic carbocycles. The number of nitrogens with two attached hydrogens (primary N) is 1. The van der Waals surface area contributed by atoms with E-state index in [0.29, 0.717) is 18.0 Å². The zero-order chi connectivity index (χ0) is 15.6. The first-order valence-corrected chi connectivity index (χ1v) is 9.74. The largest absolute Gasteiger partial charge is 0.398 e. The van der Waals surface area contributed by atoms with Gasteiger partial charge in [-0.1, -0.05) is 25.0 Å². The number of aliphatic hydroxyl groups is 1. The van der Waals surface area contributed by atoms with Gasteiger partial charge in [-0.15, -0.1) is 11.8 Å². The summed E-state index contributed by atoms with van der Waals surface area (Å²) in [4.78, 5) is 0.914. The molecule has 0 radical (unpaired) electrons. The van der Waals surface area contributed by atoms with Gasteiger partial charge >= 0.3 is 0 Å². The van der Waals surface area contributed by atoms with E-state index in [2.05, 4.69) is 4.72 Å². The van der Waals surface area contributed by atoms with Gasteiger partial charge in [0.1, 0.15) is 0 Å². The molecule has 0 atom stereocenters. The molecule has 21 heavy (non-hydrogen) atoms. The van der Waals surface area contributed by atoms with E-state index in [-0.39, 0.29) is 12.4 Å². The number of para-hydroxylation sites is 1. The lowest BCUT2D eigenvalue weighted by Crippen LogP contribution is -2.28. The van der Waals surface area contributed by atoms with Crippen LogP contribution in [-0.4, -0.2) is 38.2 Å². The lowest BCUT2D eigenvalue weighted by molar-refractivity contribution is 0.282. The number of nitrogens with one attached hydrogen (secondary N) is 1. The Balaban J connectivity index is 2.19. The standard InChI is InChI=1S/C14H24N2O3S2/c15-13-7-3-4-8-14(13)20-11-12-21(18,19)16-9-5-1-2-6-10-17/h3-4,7-8,16-17H,1-2,5-6,9-12,15H2. The molecule has 0 bridgehead atoms. The second-order valence-electron chi connectivity index (χ2n) is 4.74. The molecule has 1 aromatic rings. The summed E-state index contributed by atoms with van der Waals surface area (Å²) in [5.41, 5.74) is 6.48. The first kappa shape index (κ1) is 18.3. The van der Waals surface area contributed by atoms with Crippen LogP contribution in [0.25, 0.3) is 0 Å². The highest BCUT2D eigenvalue weighted by Gasteiger charge is 2.10. The zero-order valence-electron chi connectivity index (χ0n) is 12.1. The molecule has 5 nitrogen and oxygen atoms in total. The minimum absolute atomic E-state index is 0.0860. The third-order valence-electron chi connectivity index (χ3n) is 2.94. The summed E-state index contributed by atoms with van der Waals surface area (Å²) < 4.78 is 26.2. The summed E-state index contributed by atoms with van der Waals surface area (Å²) >= 11 is 1.45. The molecule has 1 rings (SSSR count). The van der Waals surface area contributed by atoms with Crippen LogP contribution in [0.15, 0.2) is 29.2 Å². The molecular weight excluding hydrogens is 308 g/mol. The third kappa shape index (κ3) is 8.31. The Bertz CT molecular complexity index is 507. The van der Waals surface area contributed by atoms with Crippen molar-refractivity contribution < 1.29 is 13.5 Å². The topological polar surface area (TPSA) is 92.4 Å². The number of hydrogen-bond acceptors (Lipinski definition) is 5. The molecule has 0 amide bonds. The number of sulfonamides is 1. The highest BCUT2D eigenvalue weighted by atomic mass is 32.2. The number of anilines is 1. The lowest BCUT2D eigenvalue weighted by Gasteiger charge is -2.07. The van der Waals surface area contributed by atoms with Crippen LogP contribution in [0.4, 0.5) is 5.69 Å². The van der Waals surface area contributed by atoms with Crippen LogP contribution in [0.5, 0.6) is 0 Å². The van der Waals surface area contributed by atoms with E-state index in [4.69, 9.17) is 10.8 Å². The Kier molecular flexibility index (Phi) is 8.75. The average molecular weight is 332 g/mol. The molecule has 120 valence electrons. The van der Waals surface area contributed by atoms with E-state index >= 15 is 0 Å². The molecule has 0 spiro atoms. The number of benzene rings is 1. The minimum atomic E-state index is -3.22. The van der Waals surface area contributed by atoms with Crippen LogP contribution in [0.3, 0.4) is 0 Å². The SMILES string of the molecule is Nc1ccccc1SCCS(=O)(=O)NCCCCCCO. The van der Waals surface area contributed by atoms with Crippen molar-refractivity contribution in [3.8, 4) is 0 Å². The number of unbranched alkanes of at least 4 members (excludes halogenated alkanes) is 3. The zero-order valence-corrected chi connectivity index (χ0v) is 13.8. The predicted molar refractivity (Wildman–Crippen MR) is 88.9 cm³/mol. The summed E-state index contributed by atoms with van der Waals surface area (Å²) in [5.74, 6) is 0.566. The van der Waals surface area contributed by atoms with Crippen molar-refractivity contribution in [2.24, 2.45) is 0 Å². The van der Waals surface area contributed by atoms with Crippen molar-refractivity contribution in [2.45, 2.75) is 30.6 Å². The van der Waals surface area contributed by atoms with E-state index in [1.807, 2.05) is 24.3 Å². The third-order valence-corrected chi connectivity index (χ3v) is 5.67. The Labute approximate surface area is 131 Å². The minimum Gasteiger partial charge on any atom is -0.398 e. The Hall–Kier alpha value is -0.760. The van der Waals surface area contributed by atoms with Crippen LogP contribution >= 0.6 is 11.8 Å². The Morgan fingerprint density at radius 1 is 1.14 bits per heavy atom. The van der Waals surface area contributed by atoms with Gasteiger partial charge in [-0.2, -0.15) is 0 Å². The van der Waals surface area contributed by atoms with Crippen molar-refractivity contribution in [1.29, 1.82) is 0 Å². The molecular formula is C14H24N2O3S2. The van der Waals surface area contributed by atoms with E-state index in [0.717, 1.165) is 30.6 Å². The molecule has 0 aliphatic rings. The number of rotatable bonds is 11. The number of hydrogen-bond donors (Lipinski definition) is 3. The average Bonchev–Trinajstić information content (AvgIpc) is 2.45. The van der Waals surface area contributed by atoms with Gasteiger partial charge in [0.15, 0.2) is 0 Å². The fourth-order valence-electron chi connectivity index (χ4n) is 1.76. The normalized spacial score (nSPS) is 11.7. The lowest BCUT2D eigenvalue weighted by atomic mass is 10.2. The van der Waals surface area contributed by atoms with Crippen LogP contribution in [0.2, 0.25) is 0 Å². The van der Waals surface area contributed by atoms with Gasteiger partial charge in [-0.3, -0.25) is 0 Å². The van der Waals surface area contributed by atoms with Gasteiger partial charge in [0, 0.05) is 29.5 Å². The van der Waals surface area contributed by atoms with Gasteiger partial charge < -0.3 is 10.8 Å². The first-order valence-electron chi connectivity index (χ1n) is 7.10. The molecule has 0 saturated carbocycles. The van der Waals surface area contributed by atoms with Gasteiger partial charge in [-0.25, -0.2) is 13.1 Å². The molecule has 0 aliphatic carbocycles. The van der Waals surface area contributed by atoms with Crippen LogP contribution < -0.4 is 10.5 Å². The van der Waals surface area contributed by atoms with Gasteiger partial charge in [0.05, 0.1) is 5.75 Å². The fraction of sp³-hybridized carbons (Fsp3) is 0.571. The van der Waals surface area contributed by atoms with Crippen LogP contribution in [0, 0.1) is 0 Å². The molecule has 4 N–H and O–H groups in total. The maximum absolute atomic E-state index is 11.8. The summed E-state index contributed by atoms with van der Waals surface area (Å²) in [6, 6.07) is 7.44. The maximum Gasteiger partial charge on any atom is 0.212 e. The van der Waals surface area contributed by atoms with Gasteiger partial charge in [0.25, 0.3) is 0 Å². The molecule has 0 heterocycles. The van der Waals surface area contributed by atoms with Crippen LogP contribution in [0.1, 0.15) is 25.7 Å². The van der Waals surface area contributed by atoms with Crippen molar-refractivity contribution in [3.63, 3.8) is 0 Å². The van der Waals surface area contributed by atoms with E-state index in [9.17, 15) is 8.42 Å². The highest BCUT2D eigenvalue weighted by molar-refractivity contribution is 8.00. The maximum atomic E-state index is 11.8. The van der Waals surface area contributed by atoms with Crippen LogP contribution in [-0.2, 0) is 10.0 Å². The van der Waals surface area contributed by atoms with Crippen molar-refractivity contribution in [1.82, 2.24) is 4.72 Å². The van der Waals surface area contributed by atoms with Crippen molar-refractivity contribution in [3.05, 3.63) is 24.3 Å². The molecule has 0 aromatic heterocycles. The monoisotopic (exact) mass is 332 g/mol. The Morgan fingerprint density at radius 3 is 2.57 bits per heavy atom. The second kappa shape index (κ2) is 10.0. The first-order chi connectivity index (χ1) is 10.0. The quantitative estimate of drug-likeness (QED) is 0.327. The van der Waals surface area contributed by atoms with Crippen molar-refractivity contribution >= 4 is 27.5 Å². The number of thioether (sulfide) groups is 1. The second-order valence-corrected chi connectivity index (χ2v) is 7.80. The summed E-state index contributed by atoms with van der Waals surface area (Å²) in [5, 5.41) is 8.64. The molecule has 0 fully saturated rings. The molecule has 0 saturated heterocycles.